The van der Waals surface area contributed by atoms with Gasteiger partial charge in [0, 0.05) is 13.7 Å². The number of nitrogens with zero attached hydrogens (tertiary/aromatic N) is 1. The van der Waals surface area contributed by atoms with Crippen LogP contribution in [-0.4, -0.2) is 48.6 Å². The second-order valence-corrected chi connectivity index (χ2v) is 6.49. The number of hydrogen-bond donors (Lipinski definition) is 1. The molecular weight excluding hydrogens is 256 g/mol. The zero-order valence-corrected chi connectivity index (χ0v) is 13.6. The van der Waals surface area contributed by atoms with Gasteiger partial charge < -0.3 is 15.0 Å². The molecule has 5 nitrogen and oxygen atoms in total. The van der Waals surface area contributed by atoms with Gasteiger partial charge in [-0.1, -0.05) is 34.6 Å². The number of carbonyl (C=O) groups is 2. The van der Waals surface area contributed by atoms with E-state index in [-0.39, 0.29) is 17.2 Å². The van der Waals surface area contributed by atoms with Gasteiger partial charge in [-0.05, 0) is 18.3 Å². The summed E-state index contributed by atoms with van der Waals surface area (Å²) in [5.41, 5.74) is -1.04. The fraction of sp³-hybridized carbons (Fsp3) is 0.867. The normalized spacial score (nSPS) is 22.9. The Labute approximate surface area is 122 Å². The molecule has 0 saturated carbocycles. The highest BCUT2D eigenvalue weighted by molar-refractivity contribution is 6.00. The third-order valence-electron chi connectivity index (χ3n) is 4.28. The first-order valence-electron chi connectivity index (χ1n) is 7.36. The largest absolute Gasteiger partial charge is 0.383 e. The van der Waals surface area contributed by atoms with Gasteiger partial charge in [0.15, 0.2) is 0 Å². The van der Waals surface area contributed by atoms with Crippen LogP contribution in [0.15, 0.2) is 0 Å². The van der Waals surface area contributed by atoms with E-state index in [9.17, 15) is 9.59 Å². The highest BCUT2D eigenvalue weighted by atomic mass is 16.5. The average molecular weight is 284 g/mol. The van der Waals surface area contributed by atoms with E-state index in [2.05, 4.69) is 5.32 Å². The first-order chi connectivity index (χ1) is 9.24. The summed E-state index contributed by atoms with van der Waals surface area (Å²) >= 11 is 0. The molecule has 1 saturated heterocycles. The summed E-state index contributed by atoms with van der Waals surface area (Å²) in [6.45, 7) is 10.7. The van der Waals surface area contributed by atoms with E-state index in [1.165, 1.54) is 0 Å². The molecule has 0 aliphatic carbocycles. The molecule has 116 valence electrons. The molecule has 1 N–H and O–H groups in total. The number of hydrogen-bond acceptors (Lipinski definition) is 3. The molecule has 0 radical (unpaired) electrons. The number of methoxy groups -OCH3 is 1. The van der Waals surface area contributed by atoms with Gasteiger partial charge in [-0.3, -0.25) is 9.59 Å². The zero-order valence-electron chi connectivity index (χ0n) is 13.6. The molecule has 0 aromatic heterocycles. The van der Waals surface area contributed by atoms with Gasteiger partial charge in [0.05, 0.1) is 6.61 Å². The molecule has 0 aromatic carbocycles. The predicted octanol–water partition coefficient (Wildman–Crippen LogP) is 1.56. The van der Waals surface area contributed by atoms with Crippen molar-refractivity contribution in [3.8, 4) is 0 Å². The first kappa shape index (κ1) is 17.0. The van der Waals surface area contributed by atoms with E-state index < -0.39 is 11.6 Å². The Morgan fingerprint density at radius 2 is 1.80 bits per heavy atom. The lowest BCUT2D eigenvalue weighted by atomic mass is 9.79. The highest BCUT2D eigenvalue weighted by Gasteiger charge is 2.52. The van der Waals surface area contributed by atoms with Crippen molar-refractivity contribution in [2.45, 2.75) is 59.0 Å². The number of carbonyl (C=O) groups excluding carboxylic acids is 2. The quantitative estimate of drug-likeness (QED) is 0.833. The Kier molecular flexibility index (Phi) is 5.19. The molecule has 1 atom stereocenters. The third kappa shape index (κ3) is 2.82. The standard InChI is InChI=1S/C15H28N2O3/c1-7-15(8-2)13(19)16-11(14(3,4)5)12(18)17(15)9-10-20-6/h11H,7-10H2,1-6H3,(H,16,19). The van der Waals surface area contributed by atoms with Crippen molar-refractivity contribution in [2.24, 2.45) is 5.41 Å². The van der Waals surface area contributed by atoms with Crippen LogP contribution in [0.3, 0.4) is 0 Å². The van der Waals surface area contributed by atoms with Crippen LogP contribution in [0.25, 0.3) is 0 Å². The number of nitrogens with one attached hydrogen (secondary N) is 1. The van der Waals surface area contributed by atoms with Crippen LogP contribution in [0, 0.1) is 5.41 Å². The van der Waals surface area contributed by atoms with Crippen molar-refractivity contribution >= 4 is 11.8 Å². The van der Waals surface area contributed by atoms with E-state index in [1.807, 2.05) is 34.6 Å². The lowest BCUT2D eigenvalue weighted by molar-refractivity contribution is -0.162. The minimum atomic E-state index is -0.739. The van der Waals surface area contributed by atoms with Crippen molar-refractivity contribution in [1.29, 1.82) is 0 Å². The van der Waals surface area contributed by atoms with E-state index in [0.717, 1.165) is 0 Å². The van der Waals surface area contributed by atoms with E-state index >= 15 is 0 Å². The van der Waals surface area contributed by atoms with Gasteiger partial charge in [-0.2, -0.15) is 0 Å². The molecule has 1 fully saturated rings. The number of piperazine rings is 1. The lowest BCUT2D eigenvalue weighted by Gasteiger charge is -2.50. The molecule has 1 aliphatic heterocycles. The summed E-state index contributed by atoms with van der Waals surface area (Å²) in [6.07, 6.45) is 1.23. The molecule has 5 heteroatoms. The smallest absolute Gasteiger partial charge is 0.246 e. The van der Waals surface area contributed by atoms with Gasteiger partial charge in [-0.25, -0.2) is 0 Å². The molecule has 1 rings (SSSR count). The van der Waals surface area contributed by atoms with Crippen molar-refractivity contribution < 1.29 is 14.3 Å². The summed E-state index contributed by atoms with van der Waals surface area (Å²) in [7, 11) is 1.61. The summed E-state index contributed by atoms with van der Waals surface area (Å²) in [5, 5.41) is 2.93. The van der Waals surface area contributed by atoms with E-state index in [4.69, 9.17) is 4.74 Å². The molecule has 1 aliphatic rings. The number of rotatable bonds is 5. The Hall–Kier alpha value is -1.10. The molecule has 20 heavy (non-hydrogen) atoms. The van der Waals surface area contributed by atoms with Crippen molar-refractivity contribution in [3.63, 3.8) is 0 Å². The molecule has 0 bridgehead atoms. The van der Waals surface area contributed by atoms with Crippen LogP contribution in [0.5, 0.6) is 0 Å². The maximum absolute atomic E-state index is 12.8. The molecule has 1 unspecified atom stereocenters. The topological polar surface area (TPSA) is 58.6 Å². The molecule has 0 spiro atoms. The van der Waals surface area contributed by atoms with Crippen LogP contribution in [0.1, 0.15) is 47.5 Å². The van der Waals surface area contributed by atoms with Crippen LogP contribution >= 0.6 is 0 Å². The van der Waals surface area contributed by atoms with Crippen molar-refractivity contribution in [3.05, 3.63) is 0 Å². The van der Waals surface area contributed by atoms with E-state index in [0.29, 0.717) is 26.0 Å². The van der Waals surface area contributed by atoms with Gasteiger partial charge in [0.25, 0.3) is 0 Å². The maximum atomic E-state index is 12.8. The molecule has 1 heterocycles. The number of amides is 2. The van der Waals surface area contributed by atoms with Gasteiger partial charge in [0.1, 0.15) is 11.6 Å². The van der Waals surface area contributed by atoms with Crippen molar-refractivity contribution in [1.82, 2.24) is 10.2 Å². The zero-order chi connectivity index (χ0) is 15.6. The van der Waals surface area contributed by atoms with Crippen LogP contribution in [-0.2, 0) is 14.3 Å². The fourth-order valence-electron chi connectivity index (χ4n) is 2.86. The maximum Gasteiger partial charge on any atom is 0.246 e. The third-order valence-corrected chi connectivity index (χ3v) is 4.28. The monoisotopic (exact) mass is 284 g/mol. The summed E-state index contributed by atoms with van der Waals surface area (Å²) in [6, 6.07) is -0.474. The van der Waals surface area contributed by atoms with E-state index in [1.54, 1.807) is 12.0 Å². The Morgan fingerprint density at radius 3 is 2.20 bits per heavy atom. The first-order valence-corrected chi connectivity index (χ1v) is 7.36. The summed E-state index contributed by atoms with van der Waals surface area (Å²) in [4.78, 5) is 27.1. The average Bonchev–Trinajstić information content (AvgIpc) is 2.38. The fourth-order valence-corrected chi connectivity index (χ4v) is 2.86. The van der Waals surface area contributed by atoms with Crippen LogP contribution < -0.4 is 5.32 Å². The van der Waals surface area contributed by atoms with Gasteiger partial charge >= 0.3 is 0 Å². The molecule has 0 aromatic rings. The van der Waals surface area contributed by atoms with Gasteiger partial charge in [0.2, 0.25) is 11.8 Å². The van der Waals surface area contributed by atoms with Crippen molar-refractivity contribution in [2.75, 3.05) is 20.3 Å². The minimum absolute atomic E-state index is 0.00199. The second-order valence-electron chi connectivity index (χ2n) is 6.49. The predicted molar refractivity (Wildman–Crippen MR) is 78.3 cm³/mol. The summed E-state index contributed by atoms with van der Waals surface area (Å²) in [5.74, 6) is -0.0454. The Bertz CT molecular complexity index is 370. The SMILES string of the molecule is CCC1(CC)C(=O)NC(C(C)(C)C)C(=O)N1CCOC. The molecular formula is C15H28N2O3. The van der Waals surface area contributed by atoms with Gasteiger partial charge in [-0.15, -0.1) is 0 Å². The lowest BCUT2D eigenvalue weighted by Crippen LogP contribution is -2.72. The Balaban J connectivity index is 3.17. The second kappa shape index (κ2) is 6.12. The Morgan fingerprint density at radius 1 is 1.25 bits per heavy atom. The minimum Gasteiger partial charge on any atom is -0.383 e. The molecule has 2 amide bonds. The summed E-state index contributed by atoms with van der Waals surface area (Å²) < 4.78 is 5.11. The van der Waals surface area contributed by atoms with Crippen LogP contribution in [0.4, 0.5) is 0 Å². The van der Waals surface area contributed by atoms with Crippen LogP contribution in [0.2, 0.25) is 0 Å². The number of ether oxygens (including phenoxy) is 1. The highest BCUT2D eigenvalue weighted by Crippen LogP contribution is 2.33.